The Morgan fingerprint density at radius 3 is 2.12 bits per heavy atom. The first-order chi connectivity index (χ1) is 7.22. The molecule has 1 rings (SSSR count). The van der Waals surface area contributed by atoms with Crippen LogP contribution in [0.2, 0.25) is 0 Å². The minimum Gasteiger partial charge on any atom is -0.726 e. The largest absolute Gasteiger partial charge is 1.00 e. The van der Waals surface area contributed by atoms with Crippen molar-refractivity contribution in [2.24, 2.45) is 0 Å². The second kappa shape index (κ2) is 7.19. The van der Waals surface area contributed by atoms with Gasteiger partial charge in [-0.05, 0) is 0 Å². The van der Waals surface area contributed by atoms with Crippen LogP contribution < -0.4 is 51.4 Å². The summed E-state index contributed by atoms with van der Waals surface area (Å²) in [6.07, 6.45) is -8.37. The molecule has 0 amide bonds. The molecule has 0 bridgehead atoms. The van der Waals surface area contributed by atoms with Crippen LogP contribution in [0.4, 0.5) is 0 Å². The smallest absolute Gasteiger partial charge is 0.726 e. The van der Waals surface area contributed by atoms with Crippen molar-refractivity contribution in [1.29, 1.82) is 0 Å². The number of rotatable bonds is 3. The molecular weight excluding hydrogens is 287 g/mol. The van der Waals surface area contributed by atoms with E-state index in [2.05, 4.69) is 8.92 Å². The van der Waals surface area contributed by atoms with Crippen molar-refractivity contribution >= 4 is 10.4 Å². The fourth-order valence-electron chi connectivity index (χ4n) is 1.22. The fourth-order valence-corrected chi connectivity index (χ4v) is 1.52. The van der Waals surface area contributed by atoms with Gasteiger partial charge in [-0.2, -0.15) is 0 Å². The van der Waals surface area contributed by atoms with E-state index in [9.17, 15) is 23.2 Å². The van der Waals surface area contributed by atoms with Gasteiger partial charge in [-0.25, -0.2) is 8.42 Å². The second-order valence-electron chi connectivity index (χ2n) is 3.23. The Labute approximate surface area is 140 Å². The van der Waals surface area contributed by atoms with Gasteiger partial charge in [0.15, 0.2) is 6.29 Å². The number of hydrogen-bond donors (Lipinski definition) is 4. The molecule has 0 spiro atoms. The molecule has 9 nitrogen and oxygen atoms in total. The molecule has 1 aliphatic heterocycles. The molecule has 11 heteroatoms. The molecule has 1 fully saturated rings. The summed E-state index contributed by atoms with van der Waals surface area (Å²) in [5, 5.41) is 36.6. The molecule has 1 aliphatic rings. The van der Waals surface area contributed by atoms with Gasteiger partial charge in [0.1, 0.15) is 24.4 Å². The molecule has 0 radical (unpaired) electrons. The molecule has 0 aromatic rings. The first kappa shape index (κ1) is 18.3. The summed E-state index contributed by atoms with van der Waals surface area (Å²) < 4.78 is 38.7. The van der Waals surface area contributed by atoms with Crippen LogP contribution in [0.5, 0.6) is 0 Å². The Morgan fingerprint density at radius 2 is 1.65 bits per heavy atom. The predicted octanol–water partition coefficient (Wildman–Crippen LogP) is -6.73. The molecule has 4 N–H and O–H groups in total. The Hall–Kier alpha value is 1.31. The third-order valence-corrected chi connectivity index (χ3v) is 2.49. The average Bonchev–Trinajstić information content (AvgIpc) is 2.17. The van der Waals surface area contributed by atoms with Crippen LogP contribution in [0, 0.1) is 0 Å². The molecule has 1 saturated heterocycles. The van der Waals surface area contributed by atoms with E-state index in [1.54, 1.807) is 0 Å². The van der Waals surface area contributed by atoms with Crippen molar-refractivity contribution in [1.82, 2.24) is 0 Å². The van der Waals surface area contributed by atoms with E-state index in [0.717, 1.165) is 0 Å². The van der Waals surface area contributed by atoms with Crippen LogP contribution in [0.25, 0.3) is 0 Å². The Bertz CT molecular complexity index is 332. The van der Waals surface area contributed by atoms with Crippen molar-refractivity contribution in [3.8, 4) is 0 Å². The Kier molecular flexibility index (Phi) is 7.74. The van der Waals surface area contributed by atoms with Crippen LogP contribution in [0.3, 0.4) is 0 Å². The van der Waals surface area contributed by atoms with Crippen molar-refractivity contribution in [3.63, 3.8) is 0 Å². The standard InChI is InChI=1S/C6H12O9S.K/c7-3-2(1-14-16(11,12)13)15-6(10)5(9)4(3)8;/h2-10H,1H2,(H,11,12,13);/q;+1/p-1/t2-,3-,4+,5-,6?;/m1./s1. The summed E-state index contributed by atoms with van der Waals surface area (Å²) in [7, 11) is -4.96. The maximum Gasteiger partial charge on any atom is 1.00 e. The molecule has 17 heavy (non-hydrogen) atoms. The number of hydrogen-bond acceptors (Lipinski definition) is 9. The second-order valence-corrected chi connectivity index (χ2v) is 4.28. The minimum absolute atomic E-state index is 0. The third-order valence-electron chi connectivity index (χ3n) is 2.06. The van der Waals surface area contributed by atoms with Gasteiger partial charge >= 0.3 is 51.4 Å². The van der Waals surface area contributed by atoms with Crippen LogP contribution in [-0.4, -0.2) is 70.7 Å². The predicted molar refractivity (Wildman–Crippen MR) is 44.5 cm³/mol. The maximum absolute atomic E-state index is 10.1. The molecular formula is C6H11KO9S. The van der Waals surface area contributed by atoms with Crippen molar-refractivity contribution in [2.75, 3.05) is 6.61 Å². The van der Waals surface area contributed by atoms with Gasteiger partial charge in [0.25, 0.3) is 0 Å². The summed E-state index contributed by atoms with van der Waals surface area (Å²) >= 11 is 0. The normalized spacial score (nSPS) is 38.5. The summed E-state index contributed by atoms with van der Waals surface area (Å²) in [5.41, 5.74) is 0. The van der Waals surface area contributed by atoms with Gasteiger partial charge in [0.05, 0.1) is 6.61 Å². The number of ether oxygens (including phenoxy) is 1. The molecule has 0 aromatic carbocycles. The van der Waals surface area contributed by atoms with Gasteiger partial charge in [-0.1, -0.05) is 0 Å². The van der Waals surface area contributed by atoms with E-state index in [4.69, 9.17) is 10.2 Å². The van der Waals surface area contributed by atoms with E-state index in [1.807, 2.05) is 0 Å². The first-order valence-corrected chi connectivity index (χ1v) is 5.53. The summed E-state index contributed by atoms with van der Waals surface area (Å²) in [6, 6.07) is 0. The van der Waals surface area contributed by atoms with Gasteiger partial charge in [-0.3, -0.25) is 4.18 Å². The molecule has 96 valence electrons. The van der Waals surface area contributed by atoms with Crippen LogP contribution in [-0.2, 0) is 19.3 Å². The molecule has 1 unspecified atom stereocenters. The van der Waals surface area contributed by atoms with Gasteiger partial charge in [0.2, 0.25) is 10.4 Å². The SMILES string of the molecule is O=S(=O)([O-])OC[C@H]1OC(O)[C@H](O)[C@@H](O)[C@@H]1O.[K+]. The van der Waals surface area contributed by atoms with Crippen molar-refractivity contribution in [3.05, 3.63) is 0 Å². The van der Waals surface area contributed by atoms with E-state index in [1.165, 1.54) is 0 Å². The topological polar surface area (TPSA) is 157 Å². The number of aliphatic hydroxyl groups is 4. The zero-order valence-electron chi connectivity index (χ0n) is 8.83. The third kappa shape index (κ3) is 5.44. The fraction of sp³-hybridized carbons (Fsp3) is 1.00. The molecule has 0 aliphatic carbocycles. The van der Waals surface area contributed by atoms with Gasteiger partial charge in [-0.15, -0.1) is 0 Å². The van der Waals surface area contributed by atoms with E-state index >= 15 is 0 Å². The van der Waals surface area contributed by atoms with Crippen molar-refractivity contribution < 1.29 is 93.7 Å². The van der Waals surface area contributed by atoms with Gasteiger partial charge in [0, 0.05) is 0 Å². The van der Waals surface area contributed by atoms with Gasteiger partial charge < -0.3 is 29.7 Å². The average molecular weight is 298 g/mol. The summed E-state index contributed by atoms with van der Waals surface area (Å²) in [6.45, 7) is -0.867. The Morgan fingerprint density at radius 1 is 1.12 bits per heavy atom. The summed E-state index contributed by atoms with van der Waals surface area (Å²) in [4.78, 5) is 0. The van der Waals surface area contributed by atoms with Crippen LogP contribution >= 0.6 is 0 Å². The van der Waals surface area contributed by atoms with Crippen LogP contribution in [0.1, 0.15) is 0 Å². The molecule has 0 aromatic heterocycles. The minimum atomic E-state index is -4.96. The molecule has 0 saturated carbocycles. The zero-order valence-corrected chi connectivity index (χ0v) is 12.8. The summed E-state index contributed by atoms with van der Waals surface area (Å²) in [5.74, 6) is 0. The maximum atomic E-state index is 10.1. The monoisotopic (exact) mass is 298 g/mol. The van der Waals surface area contributed by atoms with Crippen LogP contribution in [0.15, 0.2) is 0 Å². The zero-order chi connectivity index (χ0) is 12.5. The molecule has 1 heterocycles. The van der Waals surface area contributed by atoms with E-state index < -0.39 is 47.7 Å². The van der Waals surface area contributed by atoms with E-state index in [-0.39, 0.29) is 51.4 Å². The number of aliphatic hydroxyl groups excluding tert-OH is 4. The molecule has 5 atom stereocenters. The van der Waals surface area contributed by atoms with Crippen molar-refractivity contribution in [2.45, 2.75) is 30.7 Å². The first-order valence-electron chi connectivity index (χ1n) is 4.20. The Balaban J connectivity index is 0.00000256. The van der Waals surface area contributed by atoms with E-state index in [0.29, 0.717) is 0 Å². The quantitative estimate of drug-likeness (QED) is 0.226.